The number of hydrogen-bond donors (Lipinski definition) is 1. The number of aromatic nitrogens is 2. The third-order valence-electron chi connectivity index (χ3n) is 4.18. The molecular weight excluding hydrogens is 328 g/mol. The maximum Gasteiger partial charge on any atom is 0.328 e. The van der Waals surface area contributed by atoms with Crippen LogP contribution in [0.4, 0.5) is 14.5 Å². The molecule has 3 aromatic rings. The van der Waals surface area contributed by atoms with Crippen molar-refractivity contribution in [3.8, 4) is 0 Å². The van der Waals surface area contributed by atoms with E-state index < -0.39 is 11.6 Å². The van der Waals surface area contributed by atoms with Gasteiger partial charge in [-0.1, -0.05) is 0 Å². The van der Waals surface area contributed by atoms with Gasteiger partial charge >= 0.3 is 5.69 Å². The van der Waals surface area contributed by atoms with Crippen LogP contribution in [0.5, 0.6) is 0 Å². The normalized spacial score (nSPS) is 11.0. The van der Waals surface area contributed by atoms with Crippen LogP contribution in [0, 0.1) is 11.6 Å². The number of nitrogens with one attached hydrogen (secondary N) is 1. The van der Waals surface area contributed by atoms with Gasteiger partial charge < -0.3 is 5.32 Å². The van der Waals surface area contributed by atoms with Crippen LogP contribution in [0.3, 0.4) is 0 Å². The Labute approximate surface area is 142 Å². The topological polar surface area (TPSA) is 56.0 Å². The molecule has 1 N–H and O–H groups in total. The molecule has 0 saturated heterocycles. The quantitative estimate of drug-likeness (QED) is 0.790. The molecule has 0 bridgehead atoms. The van der Waals surface area contributed by atoms with Crippen LogP contribution in [-0.2, 0) is 25.3 Å². The molecule has 0 aliphatic carbocycles. The Kier molecular flexibility index (Phi) is 4.39. The fraction of sp³-hybridized carbons (Fsp3) is 0.222. The van der Waals surface area contributed by atoms with Crippen LogP contribution in [0.2, 0.25) is 0 Å². The number of rotatable bonds is 4. The minimum Gasteiger partial charge on any atom is -0.326 e. The second-order valence-electron chi connectivity index (χ2n) is 5.89. The van der Waals surface area contributed by atoms with Crippen molar-refractivity contribution in [1.82, 2.24) is 9.13 Å². The van der Waals surface area contributed by atoms with E-state index in [1.54, 1.807) is 32.3 Å². The summed E-state index contributed by atoms with van der Waals surface area (Å²) in [6.07, 6.45) is 0.119. The van der Waals surface area contributed by atoms with Crippen molar-refractivity contribution in [2.24, 2.45) is 14.1 Å². The lowest BCUT2D eigenvalue weighted by atomic mass is 10.1. The van der Waals surface area contributed by atoms with Gasteiger partial charge in [-0.25, -0.2) is 13.6 Å². The summed E-state index contributed by atoms with van der Waals surface area (Å²) in [5.74, 6) is -1.38. The smallest absolute Gasteiger partial charge is 0.326 e. The molecule has 0 spiro atoms. The summed E-state index contributed by atoms with van der Waals surface area (Å²) in [5.41, 5.74) is 2.00. The van der Waals surface area contributed by atoms with E-state index in [4.69, 9.17) is 0 Å². The van der Waals surface area contributed by atoms with Crippen molar-refractivity contribution in [3.63, 3.8) is 0 Å². The Morgan fingerprint density at radius 3 is 2.52 bits per heavy atom. The van der Waals surface area contributed by atoms with E-state index in [-0.39, 0.29) is 30.0 Å². The zero-order chi connectivity index (χ0) is 18.1. The summed E-state index contributed by atoms with van der Waals surface area (Å²) in [7, 11) is 3.33. The van der Waals surface area contributed by atoms with Gasteiger partial charge in [0.2, 0.25) is 5.91 Å². The Morgan fingerprint density at radius 1 is 1.04 bits per heavy atom. The highest BCUT2D eigenvalue weighted by Gasteiger charge is 2.11. The summed E-state index contributed by atoms with van der Waals surface area (Å²) in [6, 6.07) is 8.33. The number of carbonyl (C=O) groups is 1. The van der Waals surface area contributed by atoms with Gasteiger partial charge in [-0.15, -0.1) is 0 Å². The first-order valence-electron chi connectivity index (χ1n) is 7.76. The second kappa shape index (κ2) is 6.51. The Morgan fingerprint density at radius 2 is 1.76 bits per heavy atom. The summed E-state index contributed by atoms with van der Waals surface area (Å²) < 4.78 is 29.7. The molecule has 1 amide bonds. The highest BCUT2D eigenvalue weighted by atomic mass is 19.1. The molecule has 0 fully saturated rings. The van der Waals surface area contributed by atoms with Gasteiger partial charge in [-0.2, -0.15) is 0 Å². The average Bonchev–Trinajstić information content (AvgIpc) is 2.80. The molecule has 5 nitrogen and oxygen atoms in total. The van der Waals surface area contributed by atoms with Crippen LogP contribution < -0.4 is 11.0 Å². The number of fused-ring (bicyclic) bond motifs is 1. The van der Waals surface area contributed by atoms with Gasteiger partial charge in [-0.05, 0) is 48.4 Å². The number of nitrogens with zero attached hydrogens (tertiary/aromatic N) is 2. The van der Waals surface area contributed by atoms with Gasteiger partial charge in [0.25, 0.3) is 0 Å². The van der Waals surface area contributed by atoms with Crippen LogP contribution in [-0.4, -0.2) is 15.0 Å². The maximum absolute atomic E-state index is 13.6. The molecule has 2 aromatic carbocycles. The molecule has 0 unspecified atom stereocenters. The maximum atomic E-state index is 13.6. The first-order chi connectivity index (χ1) is 11.9. The highest BCUT2D eigenvalue weighted by molar-refractivity contribution is 5.93. The first kappa shape index (κ1) is 16.9. The monoisotopic (exact) mass is 345 g/mol. The molecule has 0 aliphatic heterocycles. The SMILES string of the molecule is Cn1c(=O)n(C)c2cc(NC(=O)CCc3cc(F)ccc3F)ccc21. The summed E-state index contributed by atoms with van der Waals surface area (Å²) in [6.45, 7) is 0. The summed E-state index contributed by atoms with van der Waals surface area (Å²) >= 11 is 0. The lowest BCUT2D eigenvalue weighted by Gasteiger charge is -2.07. The first-order valence-corrected chi connectivity index (χ1v) is 7.76. The minimum atomic E-state index is -0.535. The standard InChI is InChI=1S/C18H17F2N3O2/c1-22-15-7-5-13(10-16(15)23(2)18(22)25)21-17(24)8-3-11-9-12(19)4-6-14(11)20/h4-7,9-10H,3,8H2,1-2H3,(H,21,24). The lowest BCUT2D eigenvalue weighted by Crippen LogP contribution is -2.19. The molecule has 0 atom stereocenters. The minimum absolute atomic E-state index is 0.0200. The van der Waals surface area contributed by atoms with Crippen molar-refractivity contribution in [3.05, 3.63) is 64.1 Å². The fourth-order valence-electron chi connectivity index (χ4n) is 2.79. The summed E-state index contributed by atoms with van der Waals surface area (Å²) in [4.78, 5) is 24.0. The number of hydrogen-bond acceptors (Lipinski definition) is 2. The van der Waals surface area contributed by atoms with E-state index in [9.17, 15) is 18.4 Å². The lowest BCUT2D eigenvalue weighted by molar-refractivity contribution is -0.116. The van der Waals surface area contributed by atoms with Crippen LogP contribution in [0.1, 0.15) is 12.0 Å². The van der Waals surface area contributed by atoms with Gasteiger partial charge in [0, 0.05) is 26.2 Å². The van der Waals surface area contributed by atoms with E-state index in [1.165, 1.54) is 9.13 Å². The van der Waals surface area contributed by atoms with E-state index in [0.717, 1.165) is 23.7 Å². The van der Waals surface area contributed by atoms with E-state index in [1.807, 2.05) is 0 Å². The number of imidazole rings is 1. The van der Waals surface area contributed by atoms with Crippen LogP contribution in [0.25, 0.3) is 11.0 Å². The van der Waals surface area contributed by atoms with Crippen molar-refractivity contribution >= 4 is 22.6 Å². The molecule has 25 heavy (non-hydrogen) atoms. The molecule has 1 heterocycles. The Bertz CT molecular complexity index is 1020. The van der Waals surface area contributed by atoms with Crippen molar-refractivity contribution in [2.75, 3.05) is 5.32 Å². The molecule has 3 rings (SSSR count). The van der Waals surface area contributed by atoms with Crippen molar-refractivity contribution < 1.29 is 13.6 Å². The predicted octanol–water partition coefficient (Wildman–Crippen LogP) is 2.73. The molecule has 0 aliphatic rings. The zero-order valence-electron chi connectivity index (χ0n) is 13.8. The van der Waals surface area contributed by atoms with Gasteiger partial charge in [0.05, 0.1) is 11.0 Å². The van der Waals surface area contributed by atoms with Gasteiger partial charge in [0.15, 0.2) is 0 Å². The van der Waals surface area contributed by atoms with Crippen LogP contribution in [0.15, 0.2) is 41.2 Å². The largest absolute Gasteiger partial charge is 0.328 e. The van der Waals surface area contributed by atoms with Gasteiger partial charge in [0.1, 0.15) is 11.6 Å². The number of carbonyl (C=O) groups excluding carboxylic acids is 1. The number of amides is 1. The average molecular weight is 345 g/mol. The predicted molar refractivity (Wildman–Crippen MR) is 91.5 cm³/mol. The number of benzene rings is 2. The Hall–Kier alpha value is -2.96. The molecule has 130 valence electrons. The van der Waals surface area contributed by atoms with Crippen molar-refractivity contribution in [2.45, 2.75) is 12.8 Å². The number of anilines is 1. The Balaban J connectivity index is 1.73. The fourth-order valence-corrected chi connectivity index (χ4v) is 2.79. The van der Waals surface area contributed by atoms with E-state index in [2.05, 4.69) is 5.32 Å². The molecule has 0 saturated carbocycles. The number of halogens is 2. The number of aryl methyl sites for hydroxylation is 3. The second-order valence-corrected chi connectivity index (χ2v) is 5.89. The van der Waals surface area contributed by atoms with E-state index >= 15 is 0 Å². The molecule has 0 radical (unpaired) electrons. The van der Waals surface area contributed by atoms with Crippen LogP contribution >= 0.6 is 0 Å². The van der Waals surface area contributed by atoms with E-state index in [0.29, 0.717) is 11.2 Å². The highest BCUT2D eigenvalue weighted by Crippen LogP contribution is 2.18. The third-order valence-corrected chi connectivity index (χ3v) is 4.18. The molecular formula is C18H17F2N3O2. The van der Waals surface area contributed by atoms with Gasteiger partial charge in [-0.3, -0.25) is 13.9 Å². The third kappa shape index (κ3) is 3.31. The molecule has 1 aromatic heterocycles. The molecule has 7 heteroatoms. The van der Waals surface area contributed by atoms with Crippen molar-refractivity contribution in [1.29, 1.82) is 0 Å². The summed E-state index contributed by atoms with van der Waals surface area (Å²) in [5, 5.41) is 2.71. The zero-order valence-corrected chi connectivity index (χ0v) is 13.8.